The molecule has 15 heavy (non-hydrogen) atoms. The normalized spacial score (nSPS) is 15.0. The van der Waals surface area contributed by atoms with Crippen LogP contribution < -0.4 is 11.1 Å². The van der Waals surface area contributed by atoms with Crippen LogP contribution in [0, 0.1) is 5.92 Å². The molecule has 1 heterocycles. The van der Waals surface area contributed by atoms with Crippen molar-refractivity contribution in [1.82, 2.24) is 10.3 Å². The number of rotatable bonds is 4. The Morgan fingerprint density at radius 2 is 2.20 bits per heavy atom. The van der Waals surface area contributed by atoms with Crippen LogP contribution in [0.4, 0.5) is 0 Å². The Balaban J connectivity index is 2.52. The molecule has 0 aliphatic heterocycles. The Bertz CT molecular complexity index is 310. The molecule has 2 atom stereocenters. The second-order valence-corrected chi connectivity index (χ2v) is 4.80. The Morgan fingerprint density at radius 1 is 1.53 bits per heavy atom. The zero-order valence-electron chi connectivity index (χ0n) is 9.23. The summed E-state index contributed by atoms with van der Waals surface area (Å²) < 4.78 is 0. The van der Waals surface area contributed by atoms with Gasteiger partial charge in [-0.15, -0.1) is 11.3 Å². The van der Waals surface area contributed by atoms with Crippen LogP contribution in [0.25, 0.3) is 0 Å². The molecule has 0 aliphatic rings. The van der Waals surface area contributed by atoms with Gasteiger partial charge in [0, 0.05) is 11.6 Å². The molecular formula is C10H17N3OS. The number of nitrogens with two attached hydrogens (primary N) is 1. The molecule has 0 aliphatic carbocycles. The average Bonchev–Trinajstić information content (AvgIpc) is 2.68. The van der Waals surface area contributed by atoms with Gasteiger partial charge in [0.15, 0.2) is 0 Å². The molecule has 1 aromatic heterocycles. The molecule has 4 nitrogen and oxygen atoms in total. The standard InChI is InChI=1S/C10H17N3OS/c1-6(2)8(11)9(14)13-7(3)10-12-4-5-15-10/h4-8H,11H2,1-3H3,(H,13,14)/t7?,8-/m0/s1. The van der Waals surface area contributed by atoms with Crippen molar-refractivity contribution in [3.05, 3.63) is 16.6 Å². The highest BCUT2D eigenvalue weighted by molar-refractivity contribution is 7.09. The summed E-state index contributed by atoms with van der Waals surface area (Å²) in [5, 5.41) is 5.64. The third-order valence-corrected chi connectivity index (χ3v) is 3.16. The quantitative estimate of drug-likeness (QED) is 0.814. The van der Waals surface area contributed by atoms with Gasteiger partial charge in [-0.05, 0) is 12.8 Å². The van der Waals surface area contributed by atoms with Gasteiger partial charge in [-0.2, -0.15) is 0 Å². The van der Waals surface area contributed by atoms with Crippen LogP contribution in [0.2, 0.25) is 0 Å². The van der Waals surface area contributed by atoms with Crippen molar-refractivity contribution < 1.29 is 4.79 Å². The Labute approximate surface area is 93.9 Å². The van der Waals surface area contributed by atoms with E-state index >= 15 is 0 Å². The number of nitrogens with one attached hydrogen (secondary N) is 1. The summed E-state index contributed by atoms with van der Waals surface area (Å²) in [4.78, 5) is 15.8. The smallest absolute Gasteiger partial charge is 0.237 e. The van der Waals surface area contributed by atoms with E-state index in [1.807, 2.05) is 26.2 Å². The van der Waals surface area contributed by atoms with E-state index < -0.39 is 6.04 Å². The molecule has 0 fully saturated rings. The van der Waals surface area contributed by atoms with Crippen molar-refractivity contribution in [2.45, 2.75) is 32.9 Å². The fraction of sp³-hybridized carbons (Fsp3) is 0.600. The Kier molecular flexibility index (Phi) is 4.23. The predicted molar refractivity (Wildman–Crippen MR) is 61.5 cm³/mol. The fourth-order valence-electron chi connectivity index (χ4n) is 1.12. The van der Waals surface area contributed by atoms with Gasteiger partial charge in [-0.3, -0.25) is 4.79 Å². The lowest BCUT2D eigenvalue weighted by atomic mass is 10.0. The van der Waals surface area contributed by atoms with E-state index in [0.717, 1.165) is 5.01 Å². The van der Waals surface area contributed by atoms with Gasteiger partial charge in [-0.1, -0.05) is 13.8 Å². The molecule has 5 heteroatoms. The lowest BCUT2D eigenvalue weighted by molar-refractivity contribution is -0.123. The second kappa shape index (κ2) is 5.23. The van der Waals surface area contributed by atoms with Gasteiger partial charge in [-0.25, -0.2) is 4.98 Å². The highest BCUT2D eigenvalue weighted by atomic mass is 32.1. The summed E-state index contributed by atoms with van der Waals surface area (Å²) in [6.45, 7) is 5.76. The molecule has 0 spiro atoms. The molecule has 0 saturated heterocycles. The zero-order valence-corrected chi connectivity index (χ0v) is 10.0. The van der Waals surface area contributed by atoms with Gasteiger partial charge < -0.3 is 11.1 Å². The van der Waals surface area contributed by atoms with E-state index in [9.17, 15) is 4.79 Å². The highest BCUT2D eigenvalue weighted by Crippen LogP contribution is 2.14. The van der Waals surface area contributed by atoms with Crippen LogP contribution in [0.5, 0.6) is 0 Å². The average molecular weight is 227 g/mol. The van der Waals surface area contributed by atoms with Crippen molar-refractivity contribution in [1.29, 1.82) is 0 Å². The molecule has 0 radical (unpaired) electrons. The third-order valence-electron chi connectivity index (χ3n) is 2.20. The number of hydrogen-bond acceptors (Lipinski definition) is 4. The predicted octanol–water partition coefficient (Wildman–Crippen LogP) is 1.30. The summed E-state index contributed by atoms with van der Waals surface area (Å²) >= 11 is 1.53. The summed E-state index contributed by atoms with van der Waals surface area (Å²) in [6.07, 6.45) is 1.73. The van der Waals surface area contributed by atoms with E-state index in [2.05, 4.69) is 10.3 Å². The number of nitrogens with zero attached hydrogens (tertiary/aromatic N) is 1. The van der Waals surface area contributed by atoms with Crippen molar-refractivity contribution >= 4 is 17.2 Å². The van der Waals surface area contributed by atoms with Gasteiger partial charge in [0.2, 0.25) is 5.91 Å². The first-order valence-electron chi connectivity index (χ1n) is 4.97. The monoisotopic (exact) mass is 227 g/mol. The first-order chi connectivity index (χ1) is 7.02. The molecule has 1 rings (SSSR count). The lowest BCUT2D eigenvalue weighted by Gasteiger charge is -2.18. The first kappa shape index (κ1) is 12.1. The summed E-state index contributed by atoms with van der Waals surface area (Å²) in [6, 6.07) is -0.519. The van der Waals surface area contributed by atoms with Crippen LogP contribution in [0.1, 0.15) is 31.8 Å². The Hall–Kier alpha value is -0.940. The number of carbonyl (C=O) groups is 1. The molecular weight excluding hydrogens is 210 g/mol. The summed E-state index contributed by atoms with van der Waals surface area (Å²) in [5.74, 6) is 0.0289. The van der Waals surface area contributed by atoms with Crippen LogP contribution in [0.15, 0.2) is 11.6 Å². The van der Waals surface area contributed by atoms with Crippen molar-refractivity contribution in [2.75, 3.05) is 0 Å². The molecule has 0 saturated carbocycles. The number of thiazole rings is 1. The maximum Gasteiger partial charge on any atom is 0.237 e. The topological polar surface area (TPSA) is 68.0 Å². The fourth-order valence-corrected chi connectivity index (χ4v) is 1.77. The van der Waals surface area contributed by atoms with E-state index in [-0.39, 0.29) is 17.9 Å². The van der Waals surface area contributed by atoms with Gasteiger partial charge >= 0.3 is 0 Å². The minimum absolute atomic E-state index is 0.0673. The van der Waals surface area contributed by atoms with Crippen LogP contribution in [0.3, 0.4) is 0 Å². The van der Waals surface area contributed by atoms with Crippen molar-refractivity contribution in [2.24, 2.45) is 11.7 Å². The van der Waals surface area contributed by atoms with E-state index in [1.165, 1.54) is 11.3 Å². The largest absolute Gasteiger partial charge is 0.346 e. The molecule has 1 unspecified atom stereocenters. The second-order valence-electron chi connectivity index (χ2n) is 3.87. The summed E-state index contributed by atoms with van der Waals surface area (Å²) in [7, 11) is 0. The molecule has 3 N–H and O–H groups in total. The minimum atomic E-state index is -0.451. The van der Waals surface area contributed by atoms with E-state index in [4.69, 9.17) is 5.73 Å². The SMILES string of the molecule is CC(NC(=O)[C@@H](N)C(C)C)c1nccs1. The number of amides is 1. The first-order valence-corrected chi connectivity index (χ1v) is 5.85. The van der Waals surface area contributed by atoms with E-state index in [0.29, 0.717) is 0 Å². The van der Waals surface area contributed by atoms with Crippen LogP contribution >= 0.6 is 11.3 Å². The number of hydrogen-bond donors (Lipinski definition) is 2. The molecule has 1 aromatic rings. The van der Waals surface area contributed by atoms with Gasteiger partial charge in [0.25, 0.3) is 0 Å². The van der Waals surface area contributed by atoms with Crippen molar-refractivity contribution in [3.8, 4) is 0 Å². The Morgan fingerprint density at radius 3 is 2.67 bits per heavy atom. The van der Waals surface area contributed by atoms with Crippen molar-refractivity contribution in [3.63, 3.8) is 0 Å². The van der Waals surface area contributed by atoms with E-state index in [1.54, 1.807) is 6.20 Å². The van der Waals surface area contributed by atoms with Crippen LogP contribution in [-0.2, 0) is 4.79 Å². The number of carbonyl (C=O) groups excluding carboxylic acids is 1. The maximum absolute atomic E-state index is 11.6. The van der Waals surface area contributed by atoms with Gasteiger partial charge in [0.05, 0.1) is 12.1 Å². The number of aromatic nitrogens is 1. The lowest BCUT2D eigenvalue weighted by Crippen LogP contribution is -2.44. The summed E-state index contributed by atoms with van der Waals surface area (Å²) in [5.41, 5.74) is 5.73. The zero-order chi connectivity index (χ0) is 11.4. The molecule has 0 aromatic carbocycles. The maximum atomic E-state index is 11.6. The van der Waals surface area contributed by atoms with Crippen LogP contribution in [-0.4, -0.2) is 16.9 Å². The highest BCUT2D eigenvalue weighted by Gasteiger charge is 2.20. The third kappa shape index (κ3) is 3.28. The molecule has 1 amide bonds. The molecule has 84 valence electrons. The molecule has 0 bridgehead atoms. The minimum Gasteiger partial charge on any atom is -0.346 e. The van der Waals surface area contributed by atoms with Gasteiger partial charge in [0.1, 0.15) is 5.01 Å².